The van der Waals surface area contributed by atoms with Crippen LogP contribution in [-0.2, 0) is 14.6 Å². The number of hydrogen-bond donors (Lipinski definition) is 2. The summed E-state index contributed by atoms with van der Waals surface area (Å²) in [7, 11) is -3.06. The SMILES string of the molecule is CC(CS(C)(=O)=O)NC(=O)C1NCCCC1(C)C. The molecule has 1 rings (SSSR count). The number of sulfone groups is 1. The van der Waals surface area contributed by atoms with Gasteiger partial charge in [0.05, 0.1) is 11.8 Å². The van der Waals surface area contributed by atoms with Crippen LogP contribution in [0.4, 0.5) is 0 Å². The zero-order valence-corrected chi connectivity index (χ0v) is 12.4. The summed E-state index contributed by atoms with van der Waals surface area (Å²) in [6, 6.07) is -0.597. The van der Waals surface area contributed by atoms with Crippen LogP contribution in [0.2, 0.25) is 0 Å². The minimum Gasteiger partial charge on any atom is -0.351 e. The van der Waals surface area contributed by atoms with E-state index < -0.39 is 9.84 Å². The molecule has 0 aromatic heterocycles. The van der Waals surface area contributed by atoms with Crippen molar-refractivity contribution < 1.29 is 13.2 Å². The van der Waals surface area contributed by atoms with E-state index in [0.717, 1.165) is 19.4 Å². The fourth-order valence-corrected chi connectivity index (χ4v) is 3.47. The van der Waals surface area contributed by atoms with Gasteiger partial charge in [-0.05, 0) is 31.7 Å². The zero-order valence-electron chi connectivity index (χ0n) is 11.6. The molecule has 0 bridgehead atoms. The molecule has 1 aliphatic rings. The second kappa shape index (κ2) is 5.57. The minimum atomic E-state index is -3.06. The van der Waals surface area contributed by atoms with E-state index in [1.165, 1.54) is 6.26 Å². The van der Waals surface area contributed by atoms with Gasteiger partial charge >= 0.3 is 0 Å². The lowest BCUT2D eigenvalue weighted by Gasteiger charge is -2.38. The van der Waals surface area contributed by atoms with Crippen LogP contribution < -0.4 is 10.6 Å². The highest BCUT2D eigenvalue weighted by atomic mass is 32.2. The fraction of sp³-hybridized carbons (Fsp3) is 0.917. The van der Waals surface area contributed by atoms with Gasteiger partial charge in [-0.3, -0.25) is 4.79 Å². The smallest absolute Gasteiger partial charge is 0.237 e. The highest BCUT2D eigenvalue weighted by molar-refractivity contribution is 7.90. The maximum atomic E-state index is 12.1. The predicted octanol–water partition coefficient (Wildman–Crippen LogP) is 0.314. The Labute approximate surface area is 110 Å². The van der Waals surface area contributed by atoms with Crippen molar-refractivity contribution in [1.29, 1.82) is 0 Å². The molecule has 1 amide bonds. The van der Waals surface area contributed by atoms with E-state index >= 15 is 0 Å². The summed E-state index contributed by atoms with van der Waals surface area (Å²) in [4.78, 5) is 12.1. The van der Waals surface area contributed by atoms with Crippen LogP contribution in [0.25, 0.3) is 0 Å². The molecule has 0 saturated carbocycles. The monoisotopic (exact) mass is 276 g/mol. The summed E-state index contributed by atoms with van der Waals surface area (Å²) in [6.45, 7) is 6.67. The molecule has 0 aromatic carbocycles. The second-order valence-corrected chi connectivity index (χ2v) is 8.17. The highest BCUT2D eigenvalue weighted by Gasteiger charge is 2.37. The van der Waals surface area contributed by atoms with Crippen molar-refractivity contribution in [2.45, 2.75) is 45.7 Å². The van der Waals surface area contributed by atoms with E-state index in [-0.39, 0.29) is 29.2 Å². The molecule has 1 saturated heterocycles. The van der Waals surface area contributed by atoms with Crippen molar-refractivity contribution >= 4 is 15.7 Å². The van der Waals surface area contributed by atoms with Gasteiger partial charge in [0.2, 0.25) is 5.91 Å². The first kappa shape index (κ1) is 15.4. The fourth-order valence-electron chi connectivity index (χ4n) is 2.48. The molecule has 106 valence electrons. The Bertz CT molecular complexity index is 404. The highest BCUT2D eigenvalue weighted by Crippen LogP contribution is 2.30. The third kappa shape index (κ3) is 4.57. The normalized spacial score (nSPS) is 25.4. The number of rotatable bonds is 4. The van der Waals surface area contributed by atoms with E-state index in [9.17, 15) is 13.2 Å². The summed E-state index contributed by atoms with van der Waals surface area (Å²) in [5, 5.41) is 6.00. The average Bonchev–Trinajstić information content (AvgIpc) is 2.12. The van der Waals surface area contributed by atoms with Crippen LogP contribution in [0.1, 0.15) is 33.6 Å². The molecule has 1 aliphatic heterocycles. The Kier molecular flexibility index (Phi) is 4.78. The topological polar surface area (TPSA) is 75.3 Å². The quantitative estimate of drug-likeness (QED) is 0.775. The van der Waals surface area contributed by atoms with Crippen LogP contribution in [0.5, 0.6) is 0 Å². The molecule has 2 N–H and O–H groups in total. The number of amides is 1. The summed E-state index contributed by atoms with van der Waals surface area (Å²) >= 11 is 0. The lowest BCUT2D eigenvalue weighted by atomic mass is 9.77. The largest absolute Gasteiger partial charge is 0.351 e. The van der Waals surface area contributed by atoms with E-state index in [0.29, 0.717) is 0 Å². The van der Waals surface area contributed by atoms with Gasteiger partial charge in [0.1, 0.15) is 9.84 Å². The van der Waals surface area contributed by atoms with Crippen LogP contribution in [0.15, 0.2) is 0 Å². The summed E-state index contributed by atoms with van der Waals surface area (Å²) in [6.07, 6.45) is 3.24. The van der Waals surface area contributed by atoms with Gasteiger partial charge in [0, 0.05) is 12.3 Å². The Morgan fingerprint density at radius 1 is 1.50 bits per heavy atom. The minimum absolute atomic E-state index is 0.0219. The Balaban J connectivity index is 2.59. The Hall–Kier alpha value is -0.620. The van der Waals surface area contributed by atoms with Crippen molar-refractivity contribution in [2.24, 2.45) is 5.41 Å². The van der Waals surface area contributed by atoms with Crippen LogP contribution in [0, 0.1) is 5.41 Å². The summed E-state index contributed by atoms with van der Waals surface area (Å²) in [5.41, 5.74) is -0.0901. The molecule has 2 atom stereocenters. The van der Waals surface area contributed by atoms with E-state index in [1.807, 2.05) is 0 Å². The average molecular weight is 276 g/mol. The molecular formula is C12H24N2O3S. The molecule has 0 spiro atoms. The Morgan fingerprint density at radius 3 is 2.61 bits per heavy atom. The van der Waals surface area contributed by atoms with Crippen molar-refractivity contribution in [3.05, 3.63) is 0 Å². The van der Waals surface area contributed by atoms with Crippen molar-refractivity contribution in [3.8, 4) is 0 Å². The first-order chi connectivity index (χ1) is 8.12. The van der Waals surface area contributed by atoms with Crippen molar-refractivity contribution in [2.75, 3.05) is 18.6 Å². The van der Waals surface area contributed by atoms with Crippen molar-refractivity contribution in [3.63, 3.8) is 0 Å². The number of carbonyl (C=O) groups is 1. The van der Waals surface area contributed by atoms with Crippen LogP contribution in [-0.4, -0.2) is 45.0 Å². The van der Waals surface area contributed by atoms with E-state index in [1.54, 1.807) is 6.92 Å². The maximum Gasteiger partial charge on any atom is 0.237 e. The number of hydrogen-bond acceptors (Lipinski definition) is 4. The van der Waals surface area contributed by atoms with E-state index in [2.05, 4.69) is 24.5 Å². The van der Waals surface area contributed by atoms with Crippen LogP contribution in [0.3, 0.4) is 0 Å². The molecule has 0 aliphatic carbocycles. The molecule has 0 aromatic rings. The zero-order chi connectivity index (χ0) is 14.0. The molecule has 2 unspecified atom stereocenters. The van der Waals surface area contributed by atoms with Gasteiger partial charge in [0.25, 0.3) is 0 Å². The lowest BCUT2D eigenvalue weighted by molar-refractivity contribution is -0.127. The standard InChI is InChI=1S/C12H24N2O3S/c1-9(8-18(4,16)17)14-11(15)10-12(2,3)6-5-7-13-10/h9-10,13H,5-8H2,1-4H3,(H,14,15). The molecule has 1 heterocycles. The molecular weight excluding hydrogens is 252 g/mol. The molecule has 6 heteroatoms. The molecule has 1 fully saturated rings. The van der Waals surface area contributed by atoms with E-state index in [4.69, 9.17) is 0 Å². The van der Waals surface area contributed by atoms with Gasteiger partial charge in [-0.15, -0.1) is 0 Å². The first-order valence-corrected chi connectivity index (χ1v) is 8.39. The maximum absolute atomic E-state index is 12.1. The third-order valence-electron chi connectivity index (χ3n) is 3.33. The number of carbonyl (C=O) groups excluding carboxylic acids is 1. The lowest BCUT2D eigenvalue weighted by Crippen LogP contribution is -2.57. The number of nitrogens with one attached hydrogen (secondary N) is 2. The van der Waals surface area contributed by atoms with Gasteiger partial charge in [-0.2, -0.15) is 0 Å². The Morgan fingerprint density at radius 2 is 2.11 bits per heavy atom. The van der Waals surface area contributed by atoms with Gasteiger partial charge in [0.15, 0.2) is 0 Å². The molecule has 0 radical (unpaired) electrons. The van der Waals surface area contributed by atoms with Gasteiger partial charge < -0.3 is 10.6 Å². The summed E-state index contributed by atoms with van der Waals surface area (Å²) in [5.74, 6) is -0.123. The molecule has 18 heavy (non-hydrogen) atoms. The predicted molar refractivity (Wildman–Crippen MR) is 72.1 cm³/mol. The van der Waals surface area contributed by atoms with Crippen LogP contribution >= 0.6 is 0 Å². The van der Waals surface area contributed by atoms with Crippen molar-refractivity contribution in [1.82, 2.24) is 10.6 Å². The van der Waals surface area contributed by atoms with Gasteiger partial charge in [-0.25, -0.2) is 8.42 Å². The third-order valence-corrected chi connectivity index (χ3v) is 4.44. The second-order valence-electron chi connectivity index (χ2n) is 5.98. The number of piperidine rings is 1. The molecule has 5 nitrogen and oxygen atoms in total. The summed E-state index contributed by atoms with van der Waals surface area (Å²) < 4.78 is 22.3. The first-order valence-electron chi connectivity index (χ1n) is 6.33. The van der Waals surface area contributed by atoms with Gasteiger partial charge in [-0.1, -0.05) is 13.8 Å².